The van der Waals surface area contributed by atoms with E-state index in [1.165, 1.54) is 0 Å². The Hall–Kier alpha value is -0.600. The molecule has 2 N–H and O–H groups in total. The first-order chi connectivity index (χ1) is 3.27. The summed E-state index contributed by atoms with van der Waals surface area (Å²) in [6.07, 6.45) is 2.34. The third-order valence-electron chi connectivity index (χ3n) is 1.03. The Morgan fingerprint density at radius 2 is 2.29 bits per heavy atom. The van der Waals surface area contributed by atoms with Crippen molar-refractivity contribution in [3.05, 3.63) is 0 Å². The zero-order valence-corrected chi connectivity index (χ0v) is 3.89. The third-order valence-corrected chi connectivity index (χ3v) is 1.03. The maximum Gasteiger partial charge on any atom is 0.147 e. The second kappa shape index (κ2) is 1.18. The van der Waals surface area contributed by atoms with Gasteiger partial charge >= 0.3 is 0 Å². The lowest BCUT2D eigenvalue weighted by molar-refractivity contribution is 0.413. The van der Waals surface area contributed by atoms with Crippen LogP contribution in [0.25, 0.3) is 0 Å². The summed E-state index contributed by atoms with van der Waals surface area (Å²) in [7, 11) is 0. The molecule has 0 saturated heterocycles. The third kappa shape index (κ3) is 0.885. The first kappa shape index (κ1) is 4.56. The van der Waals surface area contributed by atoms with Crippen LogP contribution >= 0.6 is 0 Å². The van der Waals surface area contributed by atoms with Gasteiger partial charge in [0, 0.05) is 0 Å². The molecule has 1 saturated carbocycles. The summed E-state index contributed by atoms with van der Waals surface area (Å²) in [5.41, 5.74) is -1.12. The van der Waals surface area contributed by atoms with Crippen molar-refractivity contribution in [2.45, 2.75) is 18.5 Å². The van der Waals surface area contributed by atoms with Crippen molar-refractivity contribution in [1.29, 1.82) is 0 Å². The van der Waals surface area contributed by atoms with Crippen molar-refractivity contribution >= 4 is 6.21 Å². The Bertz CT molecular complexity index is 95.9. The normalized spacial score (nSPS) is 25.9. The quantitative estimate of drug-likeness (QED) is 0.291. The Morgan fingerprint density at radius 1 is 1.71 bits per heavy atom. The SMILES string of the molecule is N/N=C/C1(F)CC1. The summed E-state index contributed by atoms with van der Waals surface area (Å²) >= 11 is 0. The fraction of sp³-hybridized carbons (Fsp3) is 0.750. The monoisotopic (exact) mass is 102 g/mol. The van der Waals surface area contributed by atoms with Crippen LogP contribution in [0.15, 0.2) is 5.10 Å². The van der Waals surface area contributed by atoms with E-state index in [4.69, 9.17) is 0 Å². The van der Waals surface area contributed by atoms with E-state index in [2.05, 4.69) is 10.9 Å². The Balaban J connectivity index is 2.40. The molecule has 0 spiro atoms. The second-order valence-corrected chi connectivity index (χ2v) is 1.81. The van der Waals surface area contributed by atoms with Crippen LogP contribution in [0, 0.1) is 0 Å². The van der Waals surface area contributed by atoms with Gasteiger partial charge in [0.05, 0.1) is 6.21 Å². The fourth-order valence-corrected chi connectivity index (χ4v) is 0.382. The topological polar surface area (TPSA) is 38.4 Å². The molecule has 0 amide bonds. The molecule has 2 nitrogen and oxygen atoms in total. The molecule has 0 aliphatic heterocycles. The van der Waals surface area contributed by atoms with E-state index >= 15 is 0 Å². The largest absolute Gasteiger partial charge is 0.323 e. The van der Waals surface area contributed by atoms with Crippen LogP contribution in [-0.2, 0) is 0 Å². The minimum atomic E-state index is -1.12. The van der Waals surface area contributed by atoms with Gasteiger partial charge in [-0.25, -0.2) is 4.39 Å². The molecule has 0 bridgehead atoms. The predicted molar refractivity (Wildman–Crippen MR) is 25.8 cm³/mol. The van der Waals surface area contributed by atoms with Gasteiger partial charge in [-0.3, -0.25) is 0 Å². The van der Waals surface area contributed by atoms with Gasteiger partial charge in [0.1, 0.15) is 5.67 Å². The first-order valence-electron chi connectivity index (χ1n) is 2.20. The first-order valence-corrected chi connectivity index (χ1v) is 2.20. The van der Waals surface area contributed by atoms with Gasteiger partial charge in [-0.2, -0.15) is 5.10 Å². The molecule has 3 heteroatoms. The molecule has 0 aromatic rings. The average molecular weight is 102 g/mol. The van der Waals surface area contributed by atoms with Gasteiger partial charge < -0.3 is 5.84 Å². The number of hydrogen-bond acceptors (Lipinski definition) is 2. The van der Waals surface area contributed by atoms with Gasteiger partial charge in [0.25, 0.3) is 0 Å². The van der Waals surface area contributed by atoms with Crippen molar-refractivity contribution in [3.63, 3.8) is 0 Å². The zero-order valence-electron chi connectivity index (χ0n) is 3.89. The van der Waals surface area contributed by atoms with Gasteiger partial charge in [-0.15, -0.1) is 0 Å². The van der Waals surface area contributed by atoms with Crippen molar-refractivity contribution in [2.24, 2.45) is 10.9 Å². The van der Waals surface area contributed by atoms with Gasteiger partial charge in [0.2, 0.25) is 0 Å². The van der Waals surface area contributed by atoms with Gasteiger partial charge in [0.15, 0.2) is 0 Å². The van der Waals surface area contributed by atoms with Crippen LogP contribution in [0.5, 0.6) is 0 Å². The highest BCUT2D eigenvalue weighted by atomic mass is 19.1. The maximum atomic E-state index is 12.3. The maximum absolute atomic E-state index is 12.3. The highest BCUT2D eigenvalue weighted by Crippen LogP contribution is 2.37. The number of alkyl halides is 1. The van der Waals surface area contributed by atoms with E-state index in [0.29, 0.717) is 12.8 Å². The van der Waals surface area contributed by atoms with E-state index in [1.54, 1.807) is 0 Å². The second-order valence-electron chi connectivity index (χ2n) is 1.81. The smallest absolute Gasteiger partial charge is 0.147 e. The van der Waals surface area contributed by atoms with Gasteiger partial charge in [-0.1, -0.05) is 0 Å². The molecule has 0 aromatic carbocycles. The van der Waals surface area contributed by atoms with Crippen molar-refractivity contribution < 1.29 is 4.39 Å². The highest BCUT2D eigenvalue weighted by molar-refractivity contribution is 5.71. The number of hydrogen-bond donors (Lipinski definition) is 1. The number of halogens is 1. The molecule has 40 valence electrons. The van der Waals surface area contributed by atoms with E-state index in [0.717, 1.165) is 6.21 Å². The van der Waals surface area contributed by atoms with Gasteiger partial charge in [-0.05, 0) is 12.8 Å². The lowest BCUT2D eigenvalue weighted by Crippen LogP contribution is -2.01. The zero-order chi connectivity index (χ0) is 5.33. The average Bonchev–Trinajstić information content (AvgIpc) is 2.22. The number of nitrogens with two attached hydrogens (primary N) is 1. The van der Waals surface area contributed by atoms with E-state index < -0.39 is 5.67 Å². The summed E-state index contributed by atoms with van der Waals surface area (Å²) in [6.45, 7) is 0. The summed E-state index contributed by atoms with van der Waals surface area (Å²) < 4.78 is 12.3. The number of rotatable bonds is 1. The Morgan fingerprint density at radius 3 is 2.43 bits per heavy atom. The molecule has 0 unspecified atom stereocenters. The van der Waals surface area contributed by atoms with Crippen molar-refractivity contribution in [2.75, 3.05) is 0 Å². The molecule has 1 fully saturated rings. The molecular weight excluding hydrogens is 95.1 g/mol. The van der Waals surface area contributed by atoms with E-state index in [9.17, 15) is 4.39 Å². The summed E-state index contributed by atoms with van der Waals surface area (Å²) in [4.78, 5) is 0. The molecule has 1 aliphatic carbocycles. The van der Waals surface area contributed by atoms with Crippen molar-refractivity contribution in [1.82, 2.24) is 0 Å². The van der Waals surface area contributed by atoms with Crippen LogP contribution in [0.4, 0.5) is 4.39 Å². The molecule has 1 rings (SSSR count). The molecule has 0 aromatic heterocycles. The fourth-order valence-electron chi connectivity index (χ4n) is 0.382. The molecule has 0 heterocycles. The Kier molecular flexibility index (Phi) is 0.770. The molecule has 7 heavy (non-hydrogen) atoms. The van der Waals surface area contributed by atoms with E-state index in [1.807, 2.05) is 0 Å². The summed E-state index contributed by atoms with van der Waals surface area (Å²) in [6, 6.07) is 0. The number of nitrogens with zero attached hydrogens (tertiary/aromatic N) is 1. The van der Waals surface area contributed by atoms with E-state index in [-0.39, 0.29) is 0 Å². The molecule has 1 aliphatic rings. The standard InChI is InChI=1S/C4H7FN2/c5-4(1-2-4)3-7-6/h3H,1-2,6H2/b7-3+. The summed E-state index contributed by atoms with van der Waals surface area (Å²) in [5.74, 6) is 4.68. The molecular formula is C4H7FN2. The van der Waals surface area contributed by atoms with Crippen LogP contribution in [0.3, 0.4) is 0 Å². The molecule has 0 radical (unpaired) electrons. The molecule has 0 atom stereocenters. The lowest BCUT2D eigenvalue weighted by Gasteiger charge is -1.86. The Labute approximate surface area is 41.2 Å². The van der Waals surface area contributed by atoms with Crippen LogP contribution < -0.4 is 5.84 Å². The van der Waals surface area contributed by atoms with Crippen molar-refractivity contribution in [3.8, 4) is 0 Å². The minimum absolute atomic E-state index is 0.591. The predicted octanol–water partition coefficient (Wildman–Crippen LogP) is 0.433. The van der Waals surface area contributed by atoms with Crippen LogP contribution in [-0.4, -0.2) is 11.9 Å². The number of hydrazone groups is 1. The van der Waals surface area contributed by atoms with Crippen LogP contribution in [0.2, 0.25) is 0 Å². The van der Waals surface area contributed by atoms with Crippen LogP contribution in [0.1, 0.15) is 12.8 Å². The minimum Gasteiger partial charge on any atom is -0.323 e. The highest BCUT2D eigenvalue weighted by Gasteiger charge is 2.41. The summed E-state index contributed by atoms with van der Waals surface area (Å²) in [5, 5.41) is 3.07. The lowest BCUT2D eigenvalue weighted by atomic mass is 10.4.